The molecule has 0 radical (unpaired) electrons. The molecule has 18 heavy (non-hydrogen) atoms. The molecule has 0 saturated heterocycles. The first kappa shape index (κ1) is 13.1. The summed E-state index contributed by atoms with van der Waals surface area (Å²) >= 11 is 0. The molecule has 0 aromatic rings. The van der Waals surface area contributed by atoms with E-state index in [2.05, 4.69) is 5.32 Å². The highest BCUT2D eigenvalue weighted by molar-refractivity contribution is 5.79. The second-order valence-corrected chi connectivity index (χ2v) is 5.56. The molecule has 2 saturated carbocycles. The molecule has 0 bridgehead atoms. The summed E-state index contributed by atoms with van der Waals surface area (Å²) in [6, 6.07) is 0.0475. The van der Waals surface area contributed by atoms with Gasteiger partial charge in [-0.05, 0) is 38.5 Å². The van der Waals surface area contributed by atoms with Crippen molar-refractivity contribution in [3.05, 3.63) is 0 Å². The molecule has 6 nitrogen and oxygen atoms in total. The Morgan fingerprint density at radius 2 is 1.94 bits per heavy atom. The zero-order valence-corrected chi connectivity index (χ0v) is 10.6. The van der Waals surface area contributed by atoms with Crippen molar-refractivity contribution in [1.29, 1.82) is 0 Å². The highest BCUT2D eigenvalue weighted by Gasteiger charge is 2.38. The van der Waals surface area contributed by atoms with Crippen LogP contribution < -0.4 is 5.32 Å². The molecule has 2 fully saturated rings. The minimum Gasteiger partial charge on any atom is -0.479 e. The van der Waals surface area contributed by atoms with Gasteiger partial charge < -0.3 is 20.4 Å². The third-order valence-electron chi connectivity index (χ3n) is 3.44. The van der Waals surface area contributed by atoms with Crippen molar-refractivity contribution in [2.24, 2.45) is 5.92 Å². The molecule has 2 aliphatic rings. The Bertz CT molecular complexity index is 348. The van der Waals surface area contributed by atoms with E-state index >= 15 is 0 Å². The number of rotatable bonds is 6. The third kappa shape index (κ3) is 3.35. The Kier molecular flexibility index (Phi) is 3.47. The van der Waals surface area contributed by atoms with E-state index < -0.39 is 11.6 Å². The summed E-state index contributed by atoms with van der Waals surface area (Å²) in [6.45, 7) is 1.67. The summed E-state index contributed by atoms with van der Waals surface area (Å²) in [5.41, 5.74) is -1.91. The minimum atomic E-state index is -1.91. The number of carbonyl (C=O) groups excluding carboxylic acids is 1. The monoisotopic (exact) mass is 256 g/mol. The first-order valence-corrected chi connectivity index (χ1v) is 6.40. The zero-order chi connectivity index (χ0) is 13.3. The molecular formula is C12H20N2O4. The van der Waals surface area contributed by atoms with Crippen LogP contribution in [0.15, 0.2) is 0 Å². The summed E-state index contributed by atoms with van der Waals surface area (Å²) in [5.74, 6) is -0.723. The van der Waals surface area contributed by atoms with Gasteiger partial charge in [-0.15, -0.1) is 0 Å². The predicted octanol–water partition coefficient (Wildman–Crippen LogP) is 0.406. The standard InChI is InChI=1S/C12H20N2O4/c1-12(18,10(15)16)7-13-11(17)14(9-4-5-9)6-8-2-3-8/h8-9,18H,2-7H2,1H3,(H,13,17)(H,15,16). The number of aliphatic carboxylic acids is 1. The SMILES string of the molecule is CC(O)(CNC(=O)N(CC1CC1)C1CC1)C(=O)O. The molecule has 1 atom stereocenters. The third-order valence-corrected chi connectivity index (χ3v) is 3.44. The maximum Gasteiger partial charge on any atom is 0.337 e. The smallest absolute Gasteiger partial charge is 0.337 e. The van der Waals surface area contributed by atoms with E-state index in [0.717, 1.165) is 19.4 Å². The molecule has 0 aromatic carbocycles. The van der Waals surface area contributed by atoms with E-state index in [4.69, 9.17) is 5.11 Å². The Balaban J connectivity index is 1.83. The molecule has 0 aromatic heterocycles. The van der Waals surface area contributed by atoms with Crippen LogP contribution in [0.2, 0.25) is 0 Å². The van der Waals surface area contributed by atoms with Gasteiger partial charge in [0.05, 0.1) is 6.54 Å². The van der Waals surface area contributed by atoms with Gasteiger partial charge in [0.1, 0.15) is 0 Å². The summed E-state index contributed by atoms with van der Waals surface area (Å²) in [6.07, 6.45) is 4.39. The molecule has 3 N–H and O–H groups in total. The fourth-order valence-corrected chi connectivity index (χ4v) is 1.79. The van der Waals surface area contributed by atoms with Gasteiger partial charge in [-0.2, -0.15) is 0 Å². The number of hydrogen-bond acceptors (Lipinski definition) is 3. The molecular weight excluding hydrogens is 236 g/mol. The normalized spacial score (nSPS) is 22.1. The topological polar surface area (TPSA) is 89.9 Å². The van der Waals surface area contributed by atoms with E-state index in [1.165, 1.54) is 19.8 Å². The van der Waals surface area contributed by atoms with E-state index in [1.54, 1.807) is 4.90 Å². The zero-order valence-electron chi connectivity index (χ0n) is 10.6. The molecule has 102 valence electrons. The lowest BCUT2D eigenvalue weighted by Gasteiger charge is -2.25. The van der Waals surface area contributed by atoms with Crippen molar-refractivity contribution >= 4 is 12.0 Å². The number of urea groups is 1. The molecule has 6 heteroatoms. The molecule has 0 heterocycles. The van der Waals surface area contributed by atoms with Crippen LogP contribution in [0.4, 0.5) is 4.79 Å². The van der Waals surface area contributed by atoms with Gasteiger partial charge in [0.25, 0.3) is 0 Å². The van der Waals surface area contributed by atoms with Crippen molar-refractivity contribution in [3.8, 4) is 0 Å². The molecule has 2 amide bonds. The average Bonchev–Trinajstić information content (AvgIpc) is 3.14. The number of amides is 2. The van der Waals surface area contributed by atoms with Crippen molar-refractivity contribution < 1.29 is 19.8 Å². The van der Waals surface area contributed by atoms with Crippen molar-refractivity contribution in [1.82, 2.24) is 10.2 Å². The molecule has 0 spiro atoms. The quantitative estimate of drug-likeness (QED) is 0.642. The van der Waals surface area contributed by atoms with Crippen LogP contribution in [0.3, 0.4) is 0 Å². The van der Waals surface area contributed by atoms with Gasteiger partial charge in [0.15, 0.2) is 5.60 Å². The Labute approximate surface area is 106 Å². The number of nitrogens with one attached hydrogen (secondary N) is 1. The van der Waals surface area contributed by atoms with Crippen molar-refractivity contribution in [2.45, 2.75) is 44.2 Å². The Morgan fingerprint density at radius 3 is 2.39 bits per heavy atom. The average molecular weight is 256 g/mol. The summed E-state index contributed by atoms with van der Waals surface area (Å²) < 4.78 is 0. The summed E-state index contributed by atoms with van der Waals surface area (Å²) in [4.78, 5) is 24.5. The number of carbonyl (C=O) groups is 2. The van der Waals surface area contributed by atoms with Crippen LogP contribution in [0.25, 0.3) is 0 Å². The lowest BCUT2D eigenvalue weighted by molar-refractivity contribution is -0.155. The number of carboxylic acid groups (broad SMARTS) is 1. The highest BCUT2D eigenvalue weighted by Crippen LogP contribution is 2.34. The number of aliphatic hydroxyl groups is 1. The summed E-state index contributed by atoms with van der Waals surface area (Å²) in [5, 5.41) is 20.8. The van der Waals surface area contributed by atoms with Gasteiger partial charge in [-0.25, -0.2) is 9.59 Å². The number of hydrogen-bond donors (Lipinski definition) is 3. The van der Waals surface area contributed by atoms with Crippen LogP contribution >= 0.6 is 0 Å². The summed E-state index contributed by atoms with van der Waals surface area (Å²) in [7, 11) is 0. The second kappa shape index (κ2) is 4.76. The van der Waals surface area contributed by atoms with Gasteiger partial charge in [0, 0.05) is 12.6 Å². The fraction of sp³-hybridized carbons (Fsp3) is 0.833. The second-order valence-electron chi connectivity index (χ2n) is 5.56. The van der Waals surface area contributed by atoms with Gasteiger partial charge in [0.2, 0.25) is 0 Å². The van der Waals surface area contributed by atoms with Crippen LogP contribution in [0.5, 0.6) is 0 Å². The van der Waals surface area contributed by atoms with E-state index in [-0.39, 0.29) is 12.6 Å². The fourth-order valence-electron chi connectivity index (χ4n) is 1.79. The minimum absolute atomic E-state index is 0.258. The Hall–Kier alpha value is -1.30. The molecule has 2 rings (SSSR count). The largest absolute Gasteiger partial charge is 0.479 e. The van der Waals surface area contributed by atoms with Crippen LogP contribution in [0, 0.1) is 5.92 Å². The molecule has 1 unspecified atom stereocenters. The highest BCUT2D eigenvalue weighted by atomic mass is 16.4. The van der Waals surface area contributed by atoms with Gasteiger partial charge in [-0.1, -0.05) is 0 Å². The van der Waals surface area contributed by atoms with E-state index in [1.807, 2.05) is 0 Å². The van der Waals surface area contributed by atoms with Gasteiger partial charge >= 0.3 is 12.0 Å². The van der Waals surface area contributed by atoms with Crippen LogP contribution in [-0.4, -0.2) is 51.8 Å². The van der Waals surface area contributed by atoms with Gasteiger partial charge in [-0.3, -0.25) is 0 Å². The first-order valence-electron chi connectivity index (χ1n) is 6.40. The lowest BCUT2D eigenvalue weighted by Crippen LogP contribution is -2.51. The van der Waals surface area contributed by atoms with Crippen molar-refractivity contribution in [3.63, 3.8) is 0 Å². The predicted molar refractivity (Wildman–Crippen MR) is 64.1 cm³/mol. The van der Waals surface area contributed by atoms with E-state index in [0.29, 0.717) is 12.0 Å². The number of nitrogens with zero attached hydrogens (tertiary/aromatic N) is 1. The number of carboxylic acids is 1. The maximum atomic E-state index is 12.0. The lowest BCUT2D eigenvalue weighted by atomic mass is 10.1. The molecule has 2 aliphatic carbocycles. The van der Waals surface area contributed by atoms with E-state index in [9.17, 15) is 14.7 Å². The van der Waals surface area contributed by atoms with Crippen molar-refractivity contribution in [2.75, 3.05) is 13.1 Å². The Morgan fingerprint density at radius 1 is 1.33 bits per heavy atom. The maximum absolute atomic E-state index is 12.0. The van der Waals surface area contributed by atoms with Crippen LogP contribution in [-0.2, 0) is 4.79 Å². The van der Waals surface area contributed by atoms with Crippen LogP contribution in [0.1, 0.15) is 32.6 Å². The molecule has 0 aliphatic heterocycles. The first-order chi connectivity index (χ1) is 8.40.